The van der Waals surface area contributed by atoms with Crippen molar-refractivity contribution >= 4 is 11.6 Å². The first-order chi connectivity index (χ1) is 10.1. The van der Waals surface area contributed by atoms with E-state index < -0.39 is 0 Å². The molecule has 0 radical (unpaired) electrons. The Morgan fingerprint density at radius 1 is 1.14 bits per heavy atom. The predicted octanol–water partition coefficient (Wildman–Crippen LogP) is 3.71. The maximum atomic E-state index is 12.8. The van der Waals surface area contributed by atoms with Crippen molar-refractivity contribution in [3.8, 4) is 0 Å². The van der Waals surface area contributed by atoms with Crippen LogP contribution in [-0.4, -0.2) is 16.8 Å². The molecule has 1 amide bonds. The van der Waals surface area contributed by atoms with Crippen LogP contribution in [0.15, 0.2) is 54.6 Å². The summed E-state index contributed by atoms with van der Waals surface area (Å²) in [5.74, 6) is 0.0282. The van der Waals surface area contributed by atoms with Gasteiger partial charge in [0.1, 0.15) is 0 Å². The zero-order valence-electron chi connectivity index (χ0n) is 12.6. The van der Waals surface area contributed by atoms with Gasteiger partial charge in [0.15, 0.2) is 0 Å². The van der Waals surface area contributed by atoms with Crippen LogP contribution in [0, 0.1) is 0 Å². The van der Waals surface area contributed by atoms with Crippen LogP contribution < -0.4 is 5.73 Å². The van der Waals surface area contributed by atoms with Gasteiger partial charge < -0.3 is 10.6 Å². The van der Waals surface area contributed by atoms with Gasteiger partial charge in [0.05, 0.1) is 0 Å². The van der Waals surface area contributed by atoms with Crippen LogP contribution in [0.25, 0.3) is 0 Å². The Morgan fingerprint density at radius 3 is 2.48 bits per heavy atom. The van der Waals surface area contributed by atoms with Crippen LogP contribution in [0.5, 0.6) is 0 Å². The fraction of sp³-hybridized carbons (Fsp3) is 0.278. The first kappa shape index (κ1) is 15.1. The molecule has 0 saturated carbocycles. The molecule has 21 heavy (non-hydrogen) atoms. The lowest BCUT2D eigenvalue weighted by atomic mass is 10.1. The summed E-state index contributed by atoms with van der Waals surface area (Å²) in [4.78, 5) is 14.7. The average molecular weight is 282 g/mol. The second-order valence-corrected chi connectivity index (χ2v) is 5.30. The number of anilines is 1. The highest BCUT2D eigenvalue weighted by atomic mass is 16.2. The smallest absolute Gasteiger partial charge is 0.254 e. The van der Waals surface area contributed by atoms with E-state index in [0.717, 1.165) is 12.0 Å². The van der Waals surface area contributed by atoms with Crippen molar-refractivity contribution in [1.82, 2.24) is 4.90 Å². The van der Waals surface area contributed by atoms with Gasteiger partial charge in [0.2, 0.25) is 0 Å². The molecule has 2 N–H and O–H groups in total. The first-order valence-electron chi connectivity index (χ1n) is 7.32. The zero-order chi connectivity index (χ0) is 15.2. The highest BCUT2D eigenvalue weighted by molar-refractivity contribution is 5.95. The molecule has 2 aromatic rings. The minimum atomic E-state index is 0.0282. The molecule has 3 heteroatoms. The predicted molar refractivity (Wildman–Crippen MR) is 86.9 cm³/mol. The molecule has 110 valence electrons. The van der Waals surface area contributed by atoms with Crippen LogP contribution >= 0.6 is 0 Å². The van der Waals surface area contributed by atoms with Gasteiger partial charge in [-0.05, 0) is 37.1 Å². The number of carbonyl (C=O) groups is 1. The van der Waals surface area contributed by atoms with Crippen molar-refractivity contribution in [1.29, 1.82) is 0 Å². The molecule has 1 atom stereocenters. The summed E-state index contributed by atoms with van der Waals surface area (Å²) in [5.41, 5.74) is 8.18. The van der Waals surface area contributed by atoms with E-state index in [9.17, 15) is 4.79 Å². The number of nitrogens with zero attached hydrogens (tertiary/aromatic N) is 1. The molecule has 0 aliphatic carbocycles. The summed E-state index contributed by atoms with van der Waals surface area (Å²) in [6.07, 6.45) is 0.918. The van der Waals surface area contributed by atoms with E-state index >= 15 is 0 Å². The molecule has 0 aromatic heterocycles. The van der Waals surface area contributed by atoms with Crippen LogP contribution in [-0.2, 0) is 6.54 Å². The molecular weight excluding hydrogens is 260 g/mol. The summed E-state index contributed by atoms with van der Waals surface area (Å²) in [5, 5.41) is 0. The standard InChI is InChI=1S/C18H22N2O/c1-3-14(2)20(13-15-8-5-4-6-9-15)18(21)16-10-7-11-17(19)12-16/h4-12,14H,3,13,19H2,1-2H3. The molecule has 2 rings (SSSR count). The fourth-order valence-corrected chi connectivity index (χ4v) is 2.27. The molecule has 0 bridgehead atoms. The van der Waals surface area contributed by atoms with Gasteiger partial charge in [0, 0.05) is 23.8 Å². The number of amides is 1. The highest BCUT2D eigenvalue weighted by Gasteiger charge is 2.20. The normalized spacial score (nSPS) is 11.9. The third-order valence-electron chi connectivity index (χ3n) is 3.71. The SMILES string of the molecule is CCC(C)N(Cc1ccccc1)C(=O)c1cccc(N)c1. The minimum absolute atomic E-state index is 0.0282. The van der Waals surface area contributed by atoms with Gasteiger partial charge in [-0.15, -0.1) is 0 Å². The number of hydrogen-bond acceptors (Lipinski definition) is 2. The third-order valence-corrected chi connectivity index (χ3v) is 3.71. The quantitative estimate of drug-likeness (QED) is 0.850. The Balaban J connectivity index is 2.25. The maximum Gasteiger partial charge on any atom is 0.254 e. The van der Waals surface area contributed by atoms with Crippen molar-refractivity contribution in [3.05, 3.63) is 65.7 Å². The van der Waals surface area contributed by atoms with Crippen molar-refractivity contribution in [2.75, 3.05) is 5.73 Å². The van der Waals surface area contributed by atoms with Crippen LogP contribution in [0.2, 0.25) is 0 Å². The maximum absolute atomic E-state index is 12.8. The largest absolute Gasteiger partial charge is 0.399 e. The van der Waals surface area contributed by atoms with E-state index in [1.165, 1.54) is 0 Å². The third kappa shape index (κ3) is 3.85. The van der Waals surface area contributed by atoms with Crippen LogP contribution in [0.3, 0.4) is 0 Å². The van der Waals surface area contributed by atoms with E-state index in [4.69, 9.17) is 5.73 Å². The molecule has 0 fully saturated rings. The highest BCUT2D eigenvalue weighted by Crippen LogP contribution is 2.16. The van der Waals surface area contributed by atoms with Crippen LogP contribution in [0.4, 0.5) is 5.69 Å². The number of rotatable bonds is 5. The van der Waals surface area contributed by atoms with Gasteiger partial charge in [-0.3, -0.25) is 4.79 Å². The second-order valence-electron chi connectivity index (χ2n) is 5.30. The molecule has 0 aliphatic rings. The first-order valence-corrected chi connectivity index (χ1v) is 7.32. The van der Waals surface area contributed by atoms with E-state index in [1.54, 1.807) is 12.1 Å². The molecule has 0 spiro atoms. The van der Waals surface area contributed by atoms with Crippen molar-refractivity contribution < 1.29 is 4.79 Å². The summed E-state index contributed by atoms with van der Waals surface area (Å²) in [6, 6.07) is 17.4. The summed E-state index contributed by atoms with van der Waals surface area (Å²) >= 11 is 0. The summed E-state index contributed by atoms with van der Waals surface area (Å²) in [6.45, 7) is 4.78. The lowest BCUT2D eigenvalue weighted by Gasteiger charge is -2.29. The fourth-order valence-electron chi connectivity index (χ4n) is 2.27. The Morgan fingerprint density at radius 2 is 1.86 bits per heavy atom. The number of nitrogens with two attached hydrogens (primary N) is 1. The number of hydrogen-bond donors (Lipinski definition) is 1. The van der Waals surface area contributed by atoms with Gasteiger partial charge >= 0.3 is 0 Å². The van der Waals surface area contributed by atoms with E-state index in [0.29, 0.717) is 17.8 Å². The number of carbonyl (C=O) groups excluding carboxylic acids is 1. The Bertz CT molecular complexity index is 595. The summed E-state index contributed by atoms with van der Waals surface area (Å²) < 4.78 is 0. The Kier molecular flexibility index (Phi) is 4.99. The van der Waals surface area contributed by atoms with Crippen molar-refractivity contribution in [2.45, 2.75) is 32.9 Å². The molecule has 3 nitrogen and oxygen atoms in total. The van der Waals surface area contributed by atoms with Gasteiger partial charge in [-0.2, -0.15) is 0 Å². The Hall–Kier alpha value is -2.29. The molecule has 0 heterocycles. The van der Waals surface area contributed by atoms with Crippen LogP contribution in [0.1, 0.15) is 36.2 Å². The average Bonchev–Trinajstić information content (AvgIpc) is 2.52. The second kappa shape index (κ2) is 6.93. The lowest BCUT2D eigenvalue weighted by molar-refractivity contribution is 0.0671. The molecule has 0 saturated heterocycles. The number of benzene rings is 2. The summed E-state index contributed by atoms with van der Waals surface area (Å²) in [7, 11) is 0. The van der Waals surface area contributed by atoms with Gasteiger partial charge in [-0.25, -0.2) is 0 Å². The molecule has 0 aliphatic heterocycles. The van der Waals surface area contributed by atoms with Crippen molar-refractivity contribution in [3.63, 3.8) is 0 Å². The lowest BCUT2D eigenvalue weighted by Crippen LogP contribution is -2.37. The van der Waals surface area contributed by atoms with Crippen molar-refractivity contribution in [2.24, 2.45) is 0 Å². The van der Waals surface area contributed by atoms with E-state index in [2.05, 4.69) is 13.8 Å². The monoisotopic (exact) mass is 282 g/mol. The number of nitrogen functional groups attached to an aromatic ring is 1. The van der Waals surface area contributed by atoms with Gasteiger partial charge in [0.25, 0.3) is 5.91 Å². The molecule has 1 unspecified atom stereocenters. The topological polar surface area (TPSA) is 46.3 Å². The van der Waals surface area contributed by atoms with E-state index in [1.807, 2.05) is 47.4 Å². The molecular formula is C18H22N2O. The van der Waals surface area contributed by atoms with Gasteiger partial charge in [-0.1, -0.05) is 43.3 Å². The minimum Gasteiger partial charge on any atom is -0.399 e. The van der Waals surface area contributed by atoms with E-state index in [-0.39, 0.29) is 11.9 Å². The zero-order valence-corrected chi connectivity index (χ0v) is 12.6. The molecule has 2 aromatic carbocycles. The Labute approximate surface area is 126 Å².